The zero-order valence-corrected chi connectivity index (χ0v) is 12.4. The molecule has 0 bridgehead atoms. The Morgan fingerprint density at radius 3 is 2.67 bits per heavy atom. The van der Waals surface area contributed by atoms with Gasteiger partial charge in [-0.05, 0) is 26.4 Å². The van der Waals surface area contributed by atoms with Crippen LogP contribution in [0.2, 0.25) is 0 Å². The number of carboxylic acid groups (broad SMARTS) is 1. The molecule has 1 unspecified atom stereocenters. The lowest BCUT2D eigenvalue weighted by atomic mass is 10.0. The van der Waals surface area contributed by atoms with Crippen LogP contribution in [0.3, 0.4) is 0 Å². The third-order valence-electron chi connectivity index (χ3n) is 3.62. The first-order valence-corrected chi connectivity index (χ1v) is 6.98. The summed E-state index contributed by atoms with van der Waals surface area (Å²) in [5, 5.41) is 13.9. The molecular formula is C13H23N3O5. The minimum Gasteiger partial charge on any atom is -0.480 e. The number of aliphatic carboxylic acids is 1. The maximum atomic E-state index is 11.7. The van der Waals surface area contributed by atoms with Crippen molar-refractivity contribution in [2.45, 2.75) is 37.8 Å². The van der Waals surface area contributed by atoms with Gasteiger partial charge in [-0.3, -0.25) is 4.79 Å². The Balaban J connectivity index is 2.39. The average molecular weight is 301 g/mol. The number of hydrogen-bond acceptors (Lipinski definition) is 5. The van der Waals surface area contributed by atoms with Gasteiger partial charge in [0, 0.05) is 12.6 Å². The summed E-state index contributed by atoms with van der Waals surface area (Å²) in [6.45, 7) is 1.45. The molecule has 0 radical (unpaired) electrons. The fraction of sp³-hybridized carbons (Fsp3) is 0.769. The minimum atomic E-state index is -1.29. The van der Waals surface area contributed by atoms with Gasteiger partial charge in [-0.25, -0.2) is 9.59 Å². The highest BCUT2D eigenvalue weighted by Crippen LogP contribution is 2.13. The van der Waals surface area contributed by atoms with Crippen molar-refractivity contribution in [3.05, 3.63) is 0 Å². The maximum Gasteiger partial charge on any atom is 0.326 e. The molecule has 21 heavy (non-hydrogen) atoms. The van der Waals surface area contributed by atoms with Crippen LogP contribution in [0, 0.1) is 0 Å². The smallest absolute Gasteiger partial charge is 0.326 e. The summed E-state index contributed by atoms with van der Waals surface area (Å²) in [6, 6.07) is -1.62. The first kappa shape index (κ1) is 17.2. The number of ether oxygens (including phenoxy) is 1. The number of urea groups is 1. The third kappa shape index (κ3) is 5.99. The molecule has 1 heterocycles. The lowest BCUT2D eigenvalue weighted by molar-refractivity contribution is -0.147. The molecule has 8 nitrogen and oxygen atoms in total. The number of piperidine rings is 1. The van der Waals surface area contributed by atoms with Gasteiger partial charge in [0.05, 0.1) is 13.5 Å². The fourth-order valence-corrected chi connectivity index (χ4v) is 2.27. The van der Waals surface area contributed by atoms with E-state index in [-0.39, 0.29) is 6.04 Å². The van der Waals surface area contributed by atoms with Crippen molar-refractivity contribution >= 4 is 18.0 Å². The summed E-state index contributed by atoms with van der Waals surface area (Å²) in [5.74, 6) is -1.96. The first-order chi connectivity index (χ1) is 9.93. The minimum absolute atomic E-state index is 0.258. The maximum absolute atomic E-state index is 11.7. The Labute approximate surface area is 123 Å². The van der Waals surface area contributed by atoms with E-state index >= 15 is 0 Å². The Morgan fingerprint density at radius 2 is 2.10 bits per heavy atom. The summed E-state index contributed by atoms with van der Waals surface area (Å²) < 4.78 is 4.40. The second kappa shape index (κ2) is 8.46. The van der Waals surface area contributed by atoms with Crippen molar-refractivity contribution < 1.29 is 24.2 Å². The second-order valence-corrected chi connectivity index (χ2v) is 5.16. The van der Waals surface area contributed by atoms with E-state index in [0.717, 1.165) is 25.8 Å². The van der Waals surface area contributed by atoms with Crippen LogP contribution >= 0.6 is 0 Å². The van der Waals surface area contributed by atoms with E-state index < -0.39 is 30.4 Å². The van der Waals surface area contributed by atoms with E-state index in [1.807, 2.05) is 7.05 Å². The van der Waals surface area contributed by atoms with Gasteiger partial charge in [0.25, 0.3) is 0 Å². The van der Waals surface area contributed by atoms with Gasteiger partial charge in [-0.2, -0.15) is 0 Å². The zero-order valence-electron chi connectivity index (χ0n) is 12.4. The second-order valence-electron chi connectivity index (χ2n) is 5.16. The molecule has 0 spiro atoms. The number of likely N-dealkylation sites (N-methyl/N-ethyl adjacent to an activating group) is 1. The highest BCUT2D eigenvalue weighted by atomic mass is 16.5. The summed E-state index contributed by atoms with van der Waals surface area (Å²) in [7, 11) is 3.17. The van der Waals surface area contributed by atoms with Gasteiger partial charge in [-0.1, -0.05) is 6.42 Å². The molecule has 1 saturated heterocycles. The molecule has 8 heteroatoms. The molecule has 3 N–H and O–H groups in total. The monoisotopic (exact) mass is 301 g/mol. The van der Waals surface area contributed by atoms with Crippen molar-refractivity contribution in [1.29, 1.82) is 0 Å². The van der Waals surface area contributed by atoms with E-state index in [1.165, 1.54) is 7.11 Å². The van der Waals surface area contributed by atoms with Crippen molar-refractivity contribution in [3.8, 4) is 0 Å². The van der Waals surface area contributed by atoms with Crippen LogP contribution in [0.25, 0.3) is 0 Å². The molecule has 2 amide bonds. The zero-order chi connectivity index (χ0) is 15.8. The number of hydrogen-bond donors (Lipinski definition) is 3. The van der Waals surface area contributed by atoms with Crippen LogP contribution in [0.15, 0.2) is 0 Å². The Kier molecular flexibility index (Phi) is 6.93. The van der Waals surface area contributed by atoms with Crippen LogP contribution in [-0.4, -0.2) is 67.3 Å². The van der Waals surface area contributed by atoms with Crippen LogP contribution in [0.5, 0.6) is 0 Å². The number of rotatable bonds is 6. The number of carbonyl (C=O) groups is 3. The molecule has 0 aromatic rings. The standard InChI is InChI=1S/C13H23N3O5/c1-16-6-4-3-5-9(16)8-14-13(20)15-10(12(18)19)7-11(17)21-2/h9-10H,3-8H2,1-2H3,(H,18,19)(H2,14,15,20)/t9?,10-/m0/s1. The normalized spacial score (nSPS) is 20.4. The topological polar surface area (TPSA) is 108 Å². The van der Waals surface area contributed by atoms with Crippen molar-refractivity contribution in [1.82, 2.24) is 15.5 Å². The highest BCUT2D eigenvalue weighted by Gasteiger charge is 2.24. The van der Waals surface area contributed by atoms with Crippen molar-refractivity contribution in [2.75, 3.05) is 27.2 Å². The summed E-state index contributed by atoms with van der Waals surface area (Å²) in [5.41, 5.74) is 0. The van der Waals surface area contributed by atoms with E-state index in [1.54, 1.807) is 0 Å². The van der Waals surface area contributed by atoms with Gasteiger partial charge >= 0.3 is 18.0 Å². The molecule has 0 aromatic carbocycles. The van der Waals surface area contributed by atoms with Crippen LogP contribution in [0.4, 0.5) is 4.79 Å². The number of carbonyl (C=O) groups excluding carboxylic acids is 2. The molecule has 2 atom stereocenters. The van der Waals surface area contributed by atoms with E-state index in [4.69, 9.17) is 5.11 Å². The van der Waals surface area contributed by atoms with Gasteiger partial charge in [0.2, 0.25) is 0 Å². The Hall–Kier alpha value is -1.83. The fourth-order valence-electron chi connectivity index (χ4n) is 2.27. The quantitative estimate of drug-likeness (QED) is 0.586. The van der Waals surface area contributed by atoms with Gasteiger partial charge in [0.15, 0.2) is 0 Å². The average Bonchev–Trinajstić information content (AvgIpc) is 2.45. The number of nitrogens with zero attached hydrogens (tertiary/aromatic N) is 1. The van der Waals surface area contributed by atoms with Crippen LogP contribution < -0.4 is 10.6 Å². The number of nitrogens with one attached hydrogen (secondary N) is 2. The molecule has 1 aliphatic heterocycles. The molecule has 1 aliphatic rings. The molecule has 0 saturated carbocycles. The SMILES string of the molecule is COC(=O)C[C@H](NC(=O)NCC1CCCCN1C)C(=O)O. The van der Waals surface area contributed by atoms with E-state index in [9.17, 15) is 14.4 Å². The Morgan fingerprint density at radius 1 is 1.38 bits per heavy atom. The highest BCUT2D eigenvalue weighted by molar-refractivity contribution is 5.86. The molecular weight excluding hydrogens is 278 g/mol. The summed E-state index contributed by atoms with van der Waals surface area (Å²) in [6.07, 6.45) is 2.88. The van der Waals surface area contributed by atoms with Gasteiger partial charge < -0.3 is 25.4 Å². The largest absolute Gasteiger partial charge is 0.480 e. The number of likely N-dealkylation sites (tertiary alicyclic amines) is 1. The molecule has 1 fully saturated rings. The van der Waals surface area contributed by atoms with E-state index in [2.05, 4.69) is 20.3 Å². The summed E-state index contributed by atoms with van der Waals surface area (Å²) >= 11 is 0. The predicted molar refractivity (Wildman–Crippen MR) is 74.9 cm³/mol. The van der Waals surface area contributed by atoms with Crippen molar-refractivity contribution in [3.63, 3.8) is 0 Å². The van der Waals surface area contributed by atoms with Gasteiger partial charge in [-0.15, -0.1) is 0 Å². The third-order valence-corrected chi connectivity index (χ3v) is 3.62. The number of methoxy groups -OCH3 is 1. The summed E-state index contributed by atoms with van der Waals surface area (Å²) in [4.78, 5) is 36.0. The van der Waals surface area contributed by atoms with Gasteiger partial charge in [0.1, 0.15) is 6.04 Å². The Bertz CT molecular complexity index is 388. The number of amides is 2. The molecule has 1 rings (SSSR count). The molecule has 0 aromatic heterocycles. The van der Waals surface area contributed by atoms with Crippen molar-refractivity contribution in [2.24, 2.45) is 0 Å². The predicted octanol–water partition coefficient (Wildman–Crippen LogP) is -0.214. The number of carboxylic acids is 1. The van der Waals surface area contributed by atoms with Crippen LogP contribution in [0.1, 0.15) is 25.7 Å². The molecule has 120 valence electrons. The van der Waals surface area contributed by atoms with E-state index in [0.29, 0.717) is 6.54 Å². The lowest BCUT2D eigenvalue weighted by Crippen LogP contribution is -2.51. The first-order valence-electron chi connectivity index (χ1n) is 6.98. The number of esters is 1. The molecule has 0 aliphatic carbocycles. The van der Waals surface area contributed by atoms with Crippen LogP contribution in [-0.2, 0) is 14.3 Å². The lowest BCUT2D eigenvalue weighted by Gasteiger charge is -2.32.